The highest BCUT2D eigenvalue weighted by molar-refractivity contribution is 8.01. The molecule has 16 heavy (non-hydrogen) atoms. The van der Waals surface area contributed by atoms with Crippen LogP contribution in [0.4, 0.5) is 0 Å². The molecule has 0 aliphatic heterocycles. The van der Waals surface area contributed by atoms with Crippen molar-refractivity contribution < 1.29 is 9.22 Å². The van der Waals surface area contributed by atoms with Crippen molar-refractivity contribution in [3.63, 3.8) is 0 Å². The Morgan fingerprint density at radius 2 is 1.62 bits per heavy atom. The van der Waals surface area contributed by atoms with Gasteiger partial charge in [0.1, 0.15) is 5.75 Å². The van der Waals surface area contributed by atoms with Gasteiger partial charge in [-0.3, -0.25) is 0 Å². The van der Waals surface area contributed by atoms with Crippen molar-refractivity contribution in [2.24, 2.45) is 0 Å². The van der Waals surface area contributed by atoms with Crippen molar-refractivity contribution in [1.82, 2.24) is 0 Å². The van der Waals surface area contributed by atoms with Gasteiger partial charge in [0.05, 0.1) is 35.3 Å². The molecule has 0 aromatic heterocycles. The first-order valence-corrected chi connectivity index (χ1v) is 5.70. The molecule has 0 atom stereocenters. The van der Waals surface area contributed by atoms with Crippen LogP contribution in [-0.2, 0) is 12.6 Å². The van der Waals surface area contributed by atoms with E-state index in [9.17, 15) is 0 Å². The Morgan fingerprint density at radius 3 is 1.94 bits per heavy atom. The molecular weight excluding hydrogens is 238 g/mol. The molecule has 0 fully saturated rings. The van der Waals surface area contributed by atoms with Crippen LogP contribution in [0.3, 0.4) is 0 Å². The van der Waals surface area contributed by atoms with Crippen molar-refractivity contribution in [1.29, 1.82) is 0 Å². The Labute approximate surface area is 109 Å². The Morgan fingerprint density at radius 1 is 1.19 bits per heavy atom. The Bertz CT molecular complexity index is 339. The topological polar surface area (TPSA) is 9.23 Å². The lowest BCUT2D eigenvalue weighted by Crippen LogP contribution is -2.27. The van der Waals surface area contributed by atoms with E-state index in [0.717, 1.165) is 15.8 Å². The van der Waals surface area contributed by atoms with Crippen molar-refractivity contribution in [3.05, 3.63) is 29.8 Å². The fourth-order valence-corrected chi connectivity index (χ4v) is 1.15. The van der Waals surface area contributed by atoms with Crippen LogP contribution in [0, 0.1) is 0 Å². The molecule has 0 radical (unpaired) electrons. The van der Waals surface area contributed by atoms with Gasteiger partial charge >= 0.3 is 0 Å². The molecule has 1 aromatic rings. The van der Waals surface area contributed by atoms with Gasteiger partial charge in [0.15, 0.2) is 0 Å². The zero-order valence-electron chi connectivity index (χ0n) is 10.5. The highest BCUT2D eigenvalue weighted by Gasteiger charge is 1.96. The van der Waals surface area contributed by atoms with E-state index in [1.165, 1.54) is 0 Å². The summed E-state index contributed by atoms with van der Waals surface area (Å²) in [5, 5.41) is 0. The number of hydrogen-bond acceptors (Lipinski definition) is 3. The number of ether oxygens (including phenoxy) is 1. The number of quaternary nitrogens is 1. The molecule has 0 bridgehead atoms. The average molecular weight is 257 g/mol. The zero-order valence-corrected chi connectivity index (χ0v) is 12.1. The largest absolute Gasteiger partial charge is 0.496 e. The summed E-state index contributed by atoms with van der Waals surface area (Å²) >= 11 is 9.70. The average Bonchev–Trinajstić information content (AvgIpc) is 2.15. The van der Waals surface area contributed by atoms with Gasteiger partial charge in [-0.15, -0.1) is 4.20 Å². The molecule has 0 heterocycles. The SMILES string of the molecule is COc1ccccc1C(=S)[S-].C[N+](C)(C)C. The van der Waals surface area contributed by atoms with Gasteiger partial charge in [0, 0.05) is 5.56 Å². The Hall–Kier alpha value is -0.710. The van der Waals surface area contributed by atoms with E-state index in [4.69, 9.17) is 29.6 Å². The van der Waals surface area contributed by atoms with E-state index >= 15 is 0 Å². The van der Waals surface area contributed by atoms with Crippen LogP contribution in [0.2, 0.25) is 0 Å². The third-order valence-electron chi connectivity index (χ3n) is 1.33. The summed E-state index contributed by atoms with van der Waals surface area (Å²) in [6.07, 6.45) is 0. The maximum atomic E-state index is 5.05. The molecule has 0 saturated heterocycles. The molecule has 0 saturated carbocycles. The lowest BCUT2D eigenvalue weighted by molar-refractivity contribution is -0.849. The fourth-order valence-electron chi connectivity index (χ4n) is 0.813. The molecule has 0 aliphatic carbocycles. The zero-order chi connectivity index (χ0) is 12.8. The van der Waals surface area contributed by atoms with E-state index in [2.05, 4.69) is 28.2 Å². The molecule has 0 aliphatic rings. The van der Waals surface area contributed by atoms with Crippen LogP contribution < -0.4 is 4.74 Å². The van der Waals surface area contributed by atoms with Crippen LogP contribution in [0.1, 0.15) is 5.56 Å². The molecule has 4 heteroatoms. The predicted octanol–water partition coefficient (Wildman–Crippen LogP) is 2.24. The molecule has 2 nitrogen and oxygen atoms in total. The van der Waals surface area contributed by atoms with Gasteiger partial charge in [-0.2, -0.15) is 0 Å². The fraction of sp³-hybridized carbons (Fsp3) is 0.417. The summed E-state index contributed by atoms with van der Waals surface area (Å²) in [6, 6.07) is 7.47. The first kappa shape index (κ1) is 15.3. The molecule has 1 rings (SSSR count). The molecule has 0 amide bonds. The highest BCUT2D eigenvalue weighted by atomic mass is 32.1. The Balaban J connectivity index is 0.000000385. The second-order valence-electron chi connectivity index (χ2n) is 4.67. The van der Waals surface area contributed by atoms with Gasteiger partial charge in [-0.25, -0.2) is 0 Å². The van der Waals surface area contributed by atoms with E-state index < -0.39 is 0 Å². The minimum atomic E-state index is 0.447. The second-order valence-corrected chi connectivity index (χ2v) is 5.75. The summed E-state index contributed by atoms with van der Waals surface area (Å²) < 4.78 is 6.50. The predicted molar refractivity (Wildman–Crippen MR) is 76.0 cm³/mol. The van der Waals surface area contributed by atoms with Gasteiger partial charge in [0.2, 0.25) is 0 Å². The van der Waals surface area contributed by atoms with Crippen LogP contribution in [-0.4, -0.2) is 44.0 Å². The summed E-state index contributed by atoms with van der Waals surface area (Å²) in [5.41, 5.74) is 0.819. The van der Waals surface area contributed by atoms with E-state index in [0.29, 0.717) is 4.20 Å². The normalized spacial score (nSPS) is 10.1. The third-order valence-corrected chi connectivity index (χ3v) is 1.77. The standard InChI is InChI=1S/C8H8OS2.C4H12N/c1-9-7-5-3-2-4-6(7)8(10)11;1-5(2,3)4/h2-5H,1H3,(H,10,11);1-4H3/q;+1/p-1. The molecule has 0 N–H and O–H groups in total. The number of para-hydroxylation sites is 1. The first-order chi connectivity index (χ1) is 7.25. The second kappa shape index (κ2) is 6.78. The molecule has 90 valence electrons. The van der Waals surface area contributed by atoms with Crippen LogP contribution in [0.5, 0.6) is 5.75 Å². The molecule has 0 spiro atoms. The number of rotatable bonds is 2. The smallest absolute Gasteiger partial charge is 0.125 e. The molecular formula is C12H19NOS2. The van der Waals surface area contributed by atoms with Crippen molar-refractivity contribution in [2.45, 2.75) is 0 Å². The lowest BCUT2D eigenvalue weighted by atomic mass is 10.2. The number of thiocarbonyl (C=S) groups is 1. The Kier molecular flexibility index (Phi) is 6.48. The summed E-state index contributed by atoms with van der Waals surface area (Å²) in [6.45, 7) is 0. The maximum Gasteiger partial charge on any atom is 0.125 e. The summed E-state index contributed by atoms with van der Waals surface area (Å²) in [7, 11) is 10.1. The highest BCUT2D eigenvalue weighted by Crippen LogP contribution is 2.17. The van der Waals surface area contributed by atoms with Gasteiger partial charge in [0.25, 0.3) is 0 Å². The molecule has 0 unspecified atom stereocenters. The quantitative estimate of drug-likeness (QED) is 0.457. The minimum Gasteiger partial charge on any atom is -0.496 e. The van der Waals surface area contributed by atoms with E-state index in [1.54, 1.807) is 7.11 Å². The van der Waals surface area contributed by atoms with Crippen molar-refractivity contribution >= 4 is 29.0 Å². The maximum absolute atomic E-state index is 5.05. The number of methoxy groups -OCH3 is 1. The van der Waals surface area contributed by atoms with Crippen LogP contribution in [0.25, 0.3) is 0 Å². The van der Waals surface area contributed by atoms with Crippen LogP contribution in [0.15, 0.2) is 24.3 Å². The number of benzene rings is 1. The van der Waals surface area contributed by atoms with Crippen LogP contribution >= 0.6 is 12.2 Å². The number of hydrogen-bond donors (Lipinski definition) is 0. The summed E-state index contributed by atoms with van der Waals surface area (Å²) in [4.78, 5) is 0. The van der Waals surface area contributed by atoms with E-state index in [-0.39, 0.29) is 0 Å². The molecule has 1 aromatic carbocycles. The third kappa shape index (κ3) is 7.56. The lowest BCUT2D eigenvalue weighted by Gasteiger charge is -2.14. The first-order valence-electron chi connectivity index (χ1n) is 4.89. The van der Waals surface area contributed by atoms with Crippen molar-refractivity contribution in [2.75, 3.05) is 35.3 Å². The monoisotopic (exact) mass is 257 g/mol. The number of nitrogens with zero attached hydrogens (tertiary/aromatic N) is 1. The van der Waals surface area contributed by atoms with Gasteiger partial charge in [-0.1, -0.05) is 18.2 Å². The van der Waals surface area contributed by atoms with Gasteiger partial charge < -0.3 is 34.1 Å². The van der Waals surface area contributed by atoms with E-state index in [1.807, 2.05) is 24.3 Å². The van der Waals surface area contributed by atoms with Crippen molar-refractivity contribution in [3.8, 4) is 5.75 Å². The minimum absolute atomic E-state index is 0.447. The summed E-state index contributed by atoms with van der Waals surface area (Å²) in [5.74, 6) is 0.743. The van der Waals surface area contributed by atoms with Gasteiger partial charge in [-0.05, 0) is 6.07 Å².